The Morgan fingerprint density at radius 1 is 1.14 bits per heavy atom. The zero-order valence-electron chi connectivity index (χ0n) is 27.7. The fourth-order valence-corrected chi connectivity index (χ4v) is 5.82. The quantitative estimate of drug-likeness (QED) is 0.365. The molecule has 1 saturated carbocycles. The molecule has 9 heteroatoms. The second kappa shape index (κ2) is 17.1. The van der Waals surface area contributed by atoms with Crippen molar-refractivity contribution in [1.82, 2.24) is 10.2 Å². The molecule has 2 heterocycles. The van der Waals surface area contributed by atoms with Crippen LogP contribution >= 0.6 is 0 Å². The van der Waals surface area contributed by atoms with Gasteiger partial charge in [0.2, 0.25) is 5.91 Å². The summed E-state index contributed by atoms with van der Waals surface area (Å²) in [5.74, 6) is -0.889. The van der Waals surface area contributed by atoms with Crippen molar-refractivity contribution in [2.24, 2.45) is 28.4 Å². The second-order valence-electron chi connectivity index (χ2n) is 13.4. The Balaban J connectivity index is 0.00000142. The van der Waals surface area contributed by atoms with E-state index >= 15 is 0 Å². The molecule has 0 spiro atoms. The third kappa shape index (κ3) is 11.1. The third-order valence-electron chi connectivity index (χ3n) is 8.28. The minimum Gasteiger partial charge on any atom is -0.449 e. The Hall–Kier alpha value is -3.28. The number of amides is 3. The van der Waals surface area contributed by atoms with E-state index < -0.39 is 35.5 Å². The molecule has 3 atom stereocenters. The van der Waals surface area contributed by atoms with Gasteiger partial charge in [-0.05, 0) is 74.9 Å². The number of allylic oxidation sites excluding steroid dienone is 2. The van der Waals surface area contributed by atoms with E-state index in [0.29, 0.717) is 13.1 Å². The van der Waals surface area contributed by atoms with Gasteiger partial charge < -0.3 is 20.5 Å². The SMILES string of the molecule is C#C.C/C=C1/CN2C/C1=C(/CC)CCCCC(C)(C)COC(=O)NCC(=O)C1C[C@@H](C[C@@]1(C)C(N)=O)OC2=O.CC(C)C. The molecule has 4 bridgehead atoms. The molecule has 0 aromatic rings. The molecule has 242 valence electrons. The van der Waals surface area contributed by atoms with Gasteiger partial charge >= 0.3 is 12.2 Å². The van der Waals surface area contributed by atoms with Crippen molar-refractivity contribution in [2.45, 2.75) is 106 Å². The van der Waals surface area contributed by atoms with E-state index in [1.54, 1.807) is 11.8 Å². The van der Waals surface area contributed by atoms with Crippen LogP contribution in [-0.2, 0) is 19.1 Å². The van der Waals surface area contributed by atoms with E-state index in [-0.39, 0.29) is 37.2 Å². The van der Waals surface area contributed by atoms with Crippen molar-refractivity contribution >= 4 is 23.9 Å². The van der Waals surface area contributed by atoms with Crippen molar-refractivity contribution in [1.29, 1.82) is 0 Å². The van der Waals surface area contributed by atoms with Crippen molar-refractivity contribution in [3.63, 3.8) is 0 Å². The number of carbonyl (C=O) groups excluding carboxylic acids is 4. The molecule has 2 aliphatic heterocycles. The van der Waals surface area contributed by atoms with Gasteiger partial charge in [-0.25, -0.2) is 9.59 Å². The average molecular weight is 602 g/mol. The highest BCUT2D eigenvalue weighted by molar-refractivity contribution is 5.93. The molecule has 1 aliphatic carbocycles. The van der Waals surface area contributed by atoms with Crippen LogP contribution in [0.3, 0.4) is 0 Å². The maximum absolute atomic E-state index is 13.1. The summed E-state index contributed by atoms with van der Waals surface area (Å²) in [6, 6.07) is 0. The molecule has 0 radical (unpaired) electrons. The van der Waals surface area contributed by atoms with Gasteiger partial charge in [0.25, 0.3) is 0 Å². The monoisotopic (exact) mass is 601 g/mol. The Bertz CT molecular complexity index is 1070. The minimum absolute atomic E-state index is 0.163. The summed E-state index contributed by atoms with van der Waals surface area (Å²) in [5.41, 5.74) is 8.02. The first kappa shape index (κ1) is 37.7. The van der Waals surface area contributed by atoms with Gasteiger partial charge in [-0.2, -0.15) is 0 Å². The van der Waals surface area contributed by atoms with Crippen molar-refractivity contribution in [2.75, 3.05) is 26.2 Å². The summed E-state index contributed by atoms with van der Waals surface area (Å²) in [4.78, 5) is 52.6. The van der Waals surface area contributed by atoms with Crippen molar-refractivity contribution in [3.8, 4) is 12.8 Å². The van der Waals surface area contributed by atoms with Gasteiger partial charge in [0.05, 0.1) is 18.6 Å². The lowest BCUT2D eigenvalue weighted by Gasteiger charge is -2.27. The number of nitrogens with two attached hydrogens (primary N) is 1. The summed E-state index contributed by atoms with van der Waals surface area (Å²) in [6.45, 7) is 17.3. The Morgan fingerprint density at radius 3 is 2.33 bits per heavy atom. The van der Waals surface area contributed by atoms with Crippen LogP contribution in [0.2, 0.25) is 0 Å². The summed E-state index contributed by atoms with van der Waals surface area (Å²) in [5, 5.41) is 2.52. The van der Waals surface area contributed by atoms with Gasteiger partial charge in [-0.3, -0.25) is 14.5 Å². The van der Waals surface area contributed by atoms with Crippen LogP contribution < -0.4 is 11.1 Å². The standard InChI is InChI=1S/C28H43N3O6.C4H10.C2H2/c1-6-18-10-8-9-11-27(3,4)17-36-25(34)30-14-23(32)22-12-20(13-28(22,5)24(29)33)37-26(35)31-15-19(7-2)21(18)16-31;1-4(2)3;1-2/h7,20,22H,6,8-17H2,1-5H3,(H2,29,33)(H,30,34);4H,1-3H3;1-2H/b19-7-,21-18+;;/t20-,22?,28+;;/m0../s1. The van der Waals surface area contributed by atoms with Crippen LogP contribution in [0.25, 0.3) is 0 Å². The first-order chi connectivity index (χ1) is 20.1. The molecule has 9 nitrogen and oxygen atoms in total. The molecule has 3 aliphatic rings. The zero-order chi connectivity index (χ0) is 33.0. The molecular weight excluding hydrogens is 546 g/mol. The van der Waals surface area contributed by atoms with Gasteiger partial charge in [0.15, 0.2) is 5.78 Å². The maximum atomic E-state index is 13.1. The number of cyclic esters (lactones) is 1. The molecule has 43 heavy (non-hydrogen) atoms. The number of ketones is 1. The number of fused-ring (bicyclic) bond motifs is 4. The predicted octanol–water partition coefficient (Wildman–Crippen LogP) is 6.17. The van der Waals surface area contributed by atoms with Crippen LogP contribution in [0.15, 0.2) is 22.8 Å². The maximum Gasteiger partial charge on any atom is 0.410 e. The fraction of sp³-hybridized carbons (Fsp3) is 0.706. The number of ether oxygens (including phenoxy) is 2. The summed E-state index contributed by atoms with van der Waals surface area (Å²) < 4.78 is 11.2. The van der Waals surface area contributed by atoms with Crippen molar-refractivity contribution in [3.05, 3.63) is 22.8 Å². The highest BCUT2D eigenvalue weighted by Crippen LogP contribution is 2.45. The Kier molecular flexibility index (Phi) is 15.0. The molecular formula is C34H55N3O6. The topological polar surface area (TPSA) is 128 Å². The number of nitrogens with zero attached hydrogens (tertiary/aromatic N) is 1. The highest BCUT2D eigenvalue weighted by Gasteiger charge is 2.52. The molecule has 0 aromatic carbocycles. The summed E-state index contributed by atoms with van der Waals surface area (Å²) in [7, 11) is 0. The van der Waals surface area contributed by atoms with Crippen LogP contribution in [0.4, 0.5) is 9.59 Å². The minimum atomic E-state index is -1.17. The number of hydrogen-bond donors (Lipinski definition) is 2. The van der Waals surface area contributed by atoms with Gasteiger partial charge in [0, 0.05) is 19.0 Å². The number of carbonyl (C=O) groups is 4. The second-order valence-corrected chi connectivity index (χ2v) is 13.4. The van der Waals surface area contributed by atoms with Crippen LogP contribution in [-0.4, -0.2) is 61.1 Å². The fourth-order valence-electron chi connectivity index (χ4n) is 5.82. The molecule has 3 amide bonds. The Labute approximate surface area is 259 Å². The lowest BCUT2D eigenvalue weighted by atomic mass is 9.77. The largest absolute Gasteiger partial charge is 0.449 e. The number of hydrogen-bond acceptors (Lipinski definition) is 6. The van der Waals surface area contributed by atoms with E-state index in [4.69, 9.17) is 15.2 Å². The van der Waals surface area contributed by atoms with E-state index in [9.17, 15) is 19.2 Å². The highest BCUT2D eigenvalue weighted by atomic mass is 16.6. The van der Waals surface area contributed by atoms with Crippen LogP contribution in [0.5, 0.6) is 0 Å². The normalized spacial score (nSPS) is 29.3. The van der Waals surface area contributed by atoms with E-state index in [2.05, 4.69) is 65.8 Å². The van der Waals surface area contributed by atoms with E-state index in [0.717, 1.165) is 43.6 Å². The first-order valence-electron chi connectivity index (χ1n) is 15.5. The number of nitrogens with one attached hydrogen (secondary N) is 1. The Morgan fingerprint density at radius 2 is 1.77 bits per heavy atom. The lowest BCUT2D eigenvalue weighted by Crippen LogP contribution is -2.44. The number of Topliss-reactive ketones (excluding diaryl/α,β-unsaturated/α-hetero) is 1. The number of rotatable bonds is 2. The smallest absolute Gasteiger partial charge is 0.410 e. The molecule has 1 unspecified atom stereocenters. The number of terminal acetylenes is 1. The molecule has 3 N–H and O–H groups in total. The summed E-state index contributed by atoms with van der Waals surface area (Å²) >= 11 is 0. The number of alkyl carbamates (subject to hydrolysis) is 1. The van der Waals surface area contributed by atoms with E-state index in [1.807, 2.05) is 6.92 Å². The predicted molar refractivity (Wildman–Crippen MR) is 170 cm³/mol. The summed E-state index contributed by atoms with van der Waals surface area (Å²) in [6.07, 6.45) is 13.4. The molecule has 3 rings (SSSR count). The van der Waals surface area contributed by atoms with Crippen molar-refractivity contribution < 1.29 is 28.7 Å². The van der Waals surface area contributed by atoms with Gasteiger partial charge in [-0.1, -0.05) is 59.6 Å². The average Bonchev–Trinajstić information content (AvgIpc) is 3.53. The zero-order valence-corrected chi connectivity index (χ0v) is 27.7. The first-order valence-corrected chi connectivity index (χ1v) is 15.5. The van der Waals surface area contributed by atoms with Gasteiger partial charge in [-0.15, -0.1) is 12.8 Å². The molecule has 1 saturated heterocycles. The lowest BCUT2D eigenvalue weighted by molar-refractivity contribution is -0.136. The van der Waals surface area contributed by atoms with Gasteiger partial charge in [0.1, 0.15) is 6.10 Å². The molecule has 2 fully saturated rings. The number of primary amides is 1. The van der Waals surface area contributed by atoms with Crippen LogP contribution in [0, 0.1) is 35.5 Å². The van der Waals surface area contributed by atoms with Crippen LogP contribution in [0.1, 0.15) is 100 Å². The third-order valence-corrected chi connectivity index (χ3v) is 8.28. The van der Waals surface area contributed by atoms with E-state index in [1.165, 1.54) is 11.1 Å². The molecule has 0 aromatic heterocycles.